The summed E-state index contributed by atoms with van der Waals surface area (Å²) in [5, 5.41) is 0. The Hall–Kier alpha value is -2.94. The molecule has 1 unspecified atom stereocenters. The zero-order chi connectivity index (χ0) is 30.0. The molecule has 9 heteroatoms. The molecule has 0 amide bonds. The monoisotopic (exact) mass is 549 g/mol. The van der Waals surface area contributed by atoms with Gasteiger partial charge in [-0.2, -0.15) is 0 Å². The van der Waals surface area contributed by atoms with Gasteiger partial charge in [-0.05, 0) is 47.8 Å². The van der Waals surface area contributed by atoms with E-state index in [9.17, 15) is 19.2 Å². The first kappa shape index (κ1) is 34.1. The second-order valence-electron chi connectivity index (χ2n) is 12.7. The molecule has 0 spiro atoms. The zero-order valence-corrected chi connectivity index (χ0v) is 25.1. The highest BCUT2D eigenvalue weighted by molar-refractivity contribution is 5.78. The van der Waals surface area contributed by atoms with Gasteiger partial charge in [-0.15, -0.1) is 0 Å². The third-order valence-corrected chi connectivity index (χ3v) is 5.57. The highest BCUT2D eigenvalue weighted by atomic mass is 16.6. The van der Waals surface area contributed by atoms with Gasteiger partial charge in [-0.3, -0.25) is 19.2 Å². The number of carbonyl (C=O) groups is 4. The highest BCUT2D eigenvalue weighted by Gasteiger charge is 2.24. The second-order valence-corrected chi connectivity index (χ2v) is 12.7. The fourth-order valence-electron chi connectivity index (χ4n) is 3.38. The Morgan fingerprint density at radius 2 is 1.38 bits per heavy atom. The van der Waals surface area contributed by atoms with Gasteiger partial charge < -0.3 is 24.7 Å². The van der Waals surface area contributed by atoms with Crippen molar-refractivity contribution in [3.05, 3.63) is 23.8 Å². The lowest BCUT2D eigenvalue weighted by atomic mass is 9.92. The lowest BCUT2D eigenvalue weighted by Gasteiger charge is -2.20. The molecule has 0 aliphatic rings. The molecule has 0 radical (unpaired) electrons. The SMILES string of the molecule is CCC(C)CC(=O)OC[C@H](C)OC(=O)[C@@H](N)Cc1ccc(OC(=O)CC(C)(C)C)c(OC(=O)CC(C)(C)C)c1. The van der Waals surface area contributed by atoms with Crippen LogP contribution in [0, 0.1) is 16.7 Å². The first-order chi connectivity index (χ1) is 17.9. The number of carbonyl (C=O) groups excluding carboxylic acids is 4. The van der Waals surface area contributed by atoms with E-state index in [1.54, 1.807) is 13.0 Å². The smallest absolute Gasteiger partial charge is 0.323 e. The maximum Gasteiger partial charge on any atom is 0.323 e. The van der Waals surface area contributed by atoms with Gasteiger partial charge in [0, 0.05) is 6.42 Å². The largest absolute Gasteiger partial charge is 0.462 e. The van der Waals surface area contributed by atoms with Gasteiger partial charge >= 0.3 is 23.9 Å². The minimum absolute atomic E-state index is 0.0593. The van der Waals surface area contributed by atoms with E-state index >= 15 is 0 Å². The van der Waals surface area contributed by atoms with Crippen molar-refractivity contribution in [1.82, 2.24) is 0 Å². The summed E-state index contributed by atoms with van der Waals surface area (Å²) in [4.78, 5) is 49.4. The van der Waals surface area contributed by atoms with E-state index < -0.39 is 30.1 Å². The number of benzene rings is 1. The first-order valence-corrected chi connectivity index (χ1v) is 13.5. The number of ether oxygens (including phenoxy) is 4. The lowest BCUT2D eigenvalue weighted by Crippen LogP contribution is -2.37. The van der Waals surface area contributed by atoms with Crippen LogP contribution in [-0.4, -0.2) is 42.6 Å². The van der Waals surface area contributed by atoms with Gasteiger partial charge in [0.05, 0.1) is 12.8 Å². The van der Waals surface area contributed by atoms with Gasteiger partial charge in [0.25, 0.3) is 0 Å². The van der Waals surface area contributed by atoms with Crippen molar-refractivity contribution in [3.63, 3.8) is 0 Å². The quantitative estimate of drug-likeness (QED) is 0.262. The Kier molecular flexibility index (Phi) is 13.1. The summed E-state index contributed by atoms with van der Waals surface area (Å²) in [6, 6.07) is 3.69. The molecule has 3 atom stereocenters. The van der Waals surface area contributed by atoms with Crippen molar-refractivity contribution in [3.8, 4) is 11.5 Å². The van der Waals surface area contributed by atoms with Crippen LogP contribution in [0.15, 0.2) is 18.2 Å². The van der Waals surface area contributed by atoms with Gasteiger partial charge in [0.15, 0.2) is 11.5 Å². The maximum absolute atomic E-state index is 12.5. The summed E-state index contributed by atoms with van der Waals surface area (Å²) in [6.45, 7) is 17.0. The minimum Gasteiger partial charge on any atom is -0.462 e. The molecule has 1 rings (SSSR count). The molecule has 9 nitrogen and oxygen atoms in total. The predicted molar refractivity (Wildman–Crippen MR) is 148 cm³/mol. The Morgan fingerprint density at radius 3 is 1.90 bits per heavy atom. The van der Waals surface area contributed by atoms with Crippen molar-refractivity contribution in [2.45, 2.75) is 107 Å². The van der Waals surface area contributed by atoms with Gasteiger partial charge in [0.1, 0.15) is 18.8 Å². The molecule has 1 aromatic carbocycles. The van der Waals surface area contributed by atoms with E-state index in [1.165, 1.54) is 12.1 Å². The summed E-state index contributed by atoms with van der Waals surface area (Å²) in [5.41, 5.74) is 6.09. The molecule has 0 aromatic heterocycles. The molecule has 0 saturated carbocycles. The van der Waals surface area contributed by atoms with Crippen molar-refractivity contribution in [2.75, 3.05) is 6.61 Å². The Labute approximate surface area is 233 Å². The van der Waals surface area contributed by atoms with Crippen LogP contribution < -0.4 is 15.2 Å². The topological polar surface area (TPSA) is 131 Å². The molecule has 0 heterocycles. The number of hydrogen-bond donors (Lipinski definition) is 1. The van der Waals surface area contributed by atoms with Gasteiger partial charge in [-0.1, -0.05) is 67.9 Å². The van der Waals surface area contributed by atoms with Crippen molar-refractivity contribution < 1.29 is 38.1 Å². The van der Waals surface area contributed by atoms with E-state index in [-0.39, 0.29) is 60.1 Å². The average Bonchev–Trinajstić information content (AvgIpc) is 2.76. The second kappa shape index (κ2) is 15.0. The van der Waals surface area contributed by atoms with E-state index in [2.05, 4.69) is 0 Å². The highest BCUT2D eigenvalue weighted by Crippen LogP contribution is 2.32. The molecule has 220 valence electrons. The Balaban J connectivity index is 2.91. The number of nitrogens with two attached hydrogens (primary N) is 1. The lowest BCUT2D eigenvalue weighted by molar-refractivity contribution is -0.159. The summed E-state index contributed by atoms with van der Waals surface area (Å²) in [6.07, 6.45) is 0.916. The fourth-order valence-corrected chi connectivity index (χ4v) is 3.38. The van der Waals surface area contributed by atoms with Crippen LogP contribution in [0.2, 0.25) is 0 Å². The van der Waals surface area contributed by atoms with Crippen LogP contribution in [0.5, 0.6) is 11.5 Å². The van der Waals surface area contributed by atoms with Crippen LogP contribution in [0.4, 0.5) is 0 Å². The number of hydrogen-bond acceptors (Lipinski definition) is 9. The van der Waals surface area contributed by atoms with Crippen molar-refractivity contribution in [1.29, 1.82) is 0 Å². The third-order valence-electron chi connectivity index (χ3n) is 5.57. The summed E-state index contributed by atoms with van der Waals surface area (Å²) < 4.78 is 21.6. The van der Waals surface area contributed by atoms with Crippen LogP contribution in [0.3, 0.4) is 0 Å². The van der Waals surface area contributed by atoms with Crippen LogP contribution >= 0.6 is 0 Å². The molecule has 2 N–H and O–H groups in total. The molecule has 1 aromatic rings. The normalized spacial score (nSPS) is 14.1. The fraction of sp³-hybridized carbons (Fsp3) is 0.667. The minimum atomic E-state index is -1.02. The molecule has 0 aliphatic carbocycles. The van der Waals surface area contributed by atoms with Gasteiger partial charge in [-0.25, -0.2) is 0 Å². The summed E-state index contributed by atoms with van der Waals surface area (Å²) in [7, 11) is 0. The van der Waals surface area contributed by atoms with Crippen LogP contribution in [0.1, 0.15) is 93.6 Å². The zero-order valence-electron chi connectivity index (χ0n) is 25.1. The standard InChI is InChI=1S/C30H47NO8/c1-10-19(2)13-25(32)36-18-20(3)37-28(35)22(31)14-21-11-12-23(38-26(33)16-29(4,5)6)24(15-21)39-27(34)17-30(7,8)9/h11-12,15,19-20,22H,10,13-14,16-18,31H2,1-9H3/t19?,20-,22-/m0/s1. The molecular weight excluding hydrogens is 502 g/mol. The molecular formula is C30H47NO8. The van der Waals surface area contributed by atoms with Crippen LogP contribution in [-0.2, 0) is 35.1 Å². The summed E-state index contributed by atoms with van der Waals surface area (Å²) >= 11 is 0. The van der Waals surface area contributed by atoms with E-state index in [0.717, 1.165) is 6.42 Å². The molecule has 0 bridgehead atoms. The maximum atomic E-state index is 12.5. The Bertz CT molecular complexity index is 990. The van der Waals surface area contributed by atoms with E-state index in [4.69, 9.17) is 24.7 Å². The number of rotatable bonds is 13. The third kappa shape index (κ3) is 14.7. The predicted octanol–water partition coefficient (Wildman–Crippen LogP) is 5.15. The summed E-state index contributed by atoms with van der Waals surface area (Å²) in [5.74, 6) is -1.53. The average molecular weight is 550 g/mol. The number of esters is 4. The Morgan fingerprint density at radius 1 is 0.846 bits per heavy atom. The van der Waals surface area contributed by atoms with E-state index in [1.807, 2.05) is 55.4 Å². The molecule has 0 aliphatic heterocycles. The molecule has 0 saturated heterocycles. The molecule has 39 heavy (non-hydrogen) atoms. The van der Waals surface area contributed by atoms with Crippen molar-refractivity contribution >= 4 is 23.9 Å². The van der Waals surface area contributed by atoms with E-state index in [0.29, 0.717) is 12.0 Å². The van der Waals surface area contributed by atoms with Gasteiger partial charge in [0.2, 0.25) is 0 Å². The van der Waals surface area contributed by atoms with Crippen molar-refractivity contribution in [2.24, 2.45) is 22.5 Å². The van der Waals surface area contributed by atoms with Crippen LogP contribution in [0.25, 0.3) is 0 Å². The first-order valence-electron chi connectivity index (χ1n) is 13.5. The molecule has 0 fully saturated rings.